The van der Waals surface area contributed by atoms with Crippen LogP contribution in [0.2, 0.25) is 0 Å². The van der Waals surface area contributed by atoms with Crippen LogP contribution in [0.3, 0.4) is 0 Å². The number of carbonyl (C=O) groups is 4. The number of esters is 2. The fourth-order valence-electron chi connectivity index (χ4n) is 10.6. The molecule has 0 saturated heterocycles. The second-order valence-corrected chi connectivity index (χ2v) is 21.9. The maximum absolute atomic E-state index is 14.2. The lowest BCUT2D eigenvalue weighted by Gasteiger charge is -2.25. The molecular formula is C68H62F8N6O10. The van der Waals surface area contributed by atoms with Gasteiger partial charge in [-0.05, 0) is 188 Å². The normalized spacial score (nSPS) is 16.5. The summed E-state index contributed by atoms with van der Waals surface area (Å²) in [5.74, 6) is -6.94. The molecule has 8 heterocycles. The first-order valence-electron chi connectivity index (χ1n) is 29.5. The molecule has 2 amide bonds. The van der Waals surface area contributed by atoms with E-state index in [0.29, 0.717) is 82.0 Å². The number of nitrogens with zero attached hydrogens (tertiary/aromatic N) is 4. The zero-order valence-electron chi connectivity index (χ0n) is 50.7. The molecule has 4 aliphatic heterocycles. The number of rotatable bonds is 10. The number of nitrogens with two attached hydrogens (primary N) is 2. The topological polar surface area (TPSA) is 227 Å². The van der Waals surface area contributed by atoms with Gasteiger partial charge in [-0.15, -0.1) is 0 Å². The Balaban J connectivity index is 0.000000145. The highest BCUT2D eigenvalue weighted by Gasteiger charge is 2.30. The number of pyridine rings is 4. The van der Waals surface area contributed by atoms with Gasteiger partial charge in [-0.1, -0.05) is 0 Å². The predicted molar refractivity (Wildman–Crippen MR) is 321 cm³/mol. The van der Waals surface area contributed by atoms with Gasteiger partial charge in [0.25, 0.3) is 11.8 Å². The van der Waals surface area contributed by atoms with Crippen LogP contribution in [0.1, 0.15) is 131 Å². The van der Waals surface area contributed by atoms with Crippen molar-refractivity contribution in [2.24, 2.45) is 11.5 Å². The monoisotopic (exact) mass is 1270 g/mol. The number of amides is 2. The number of fused-ring (bicyclic) bond motifs is 4. The number of hydrogen-bond acceptors (Lipinski definition) is 14. The van der Waals surface area contributed by atoms with Gasteiger partial charge >= 0.3 is 11.9 Å². The molecule has 0 radical (unpaired) electrons. The summed E-state index contributed by atoms with van der Waals surface area (Å²) in [5.41, 5.74) is 16.2. The van der Waals surface area contributed by atoms with Gasteiger partial charge in [0, 0.05) is 68.8 Å². The van der Waals surface area contributed by atoms with Crippen molar-refractivity contribution in [1.29, 1.82) is 0 Å². The third-order valence-corrected chi connectivity index (χ3v) is 15.2. The van der Waals surface area contributed by atoms with E-state index in [1.165, 1.54) is 72.8 Å². The third-order valence-electron chi connectivity index (χ3n) is 15.2. The van der Waals surface area contributed by atoms with Gasteiger partial charge < -0.3 is 39.9 Å². The summed E-state index contributed by atoms with van der Waals surface area (Å²) in [7, 11) is 0. The average molecular weight is 1280 g/mol. The van der Waals surface area contributed by atoms with E-state index >= 15 is 0 Å². The van der Waals surface area contributed by atoms with Gasteiger partial charge in [-0.25, -0.2) is 64.6 Å². The Hall–Kier alpha value is -10.0. The van der Waals surface area contributed by atoms with Crippen LogP contribution in [0.4, 0.5) is 35.1 Å². The number of halogens is 8. The molecule has 92 heavy (non-hydrogen) atoms. The smallest absolute Gasteiger partial charge is 0.357 e. The quantitative estimate of drug-likeness (QED) is 0.0959. The molecule has 8 aromatic rings. The molecule has 4 aliphatic rings. The highest BCUT2D eigenvalue weighted by Crippen LogP contribution is 2.41. The van der Waals surface area contributed by atoms with Crippen LogP contribution in [-0.4, -0.2) is 81.3 Å². The van der Waals surface area contributed by atoms with Gasteiger partial charge in [-0.3, -0.25) is 9.59 Å². The Morgan fingerprint density at radius 2 is 0.609 bits per heavy atom. The number of ether oxygens (including phenoxy) is 6. The Morgan fingerprint density at radius 1 is 0.380 bits per heavy atom. The molecule has 4 aromatic heterocycles. The molecule has 0 bridgehead atoms. The predicted octanol–water partition coefficient (Wildman–Crippen LogP) is 13.5. The lowest BCUT2D eigenvalue weighted by Crippen LogP contribution is -2.23. The number of hydrogen-bond donors (Lipinski definition) is 2. The molecule has 4 atom stereocenters. The molecule has 0 saturated carbocycles. The third kappa shape index (κ3) is 15.4. The van der Waals surface area contributed by atoms with Crippen LogP contribution >= 0.6 is 0 Å². The molecule has 12 rings (SSSR count). The maximum Gasteiger partial charge on any atom is 0.357 e. The van der Waals surface area contributed by atoms with Crippen LogP contribution < -0.4 is 30.4 Å². The van der Waals surface area contributed by atoms with Crippen LogP contribution in [0.15, 0.2) is 97.1 Å². The highest BCUT2D eigenvalue weighted by molar-refractivity contribution is 5.94. The largest absolute Gasteiger partial charge is 0.474 e. The van der Waals surface area contributed by atoms with Crippen molar-refractivity contribution in [1.82, 2.24) is 19.9 Å². The van der Waals surface area contributed by atoms with Crippen LogP contribution in [0, 0.1) is 46.5 Å². The Labute approximate surface area is 523 Å². The standard InChI is InChI=1S/2C18H17F2NO3.2C16H14F2N2O2/c2*1-3-23-18(22)16-9-14(12-7-5-11(19)8-15(12)20)13-6-4-10(2)24-17(13)21-16;2*1-8-2-4-11-12(10-5-3-9(17)6-13(10)18)7-14(15(19)21)20-16(11)22-8/h2*5,7-10H,3-4,6H2,1-2H3;2*3,5-8H,2,4H2,1H3,(H2,19,21)/t2*10-;2*8-/m1010/s1. The van der Waals surface area contributed by atoms with Crippen molar-refractivity contribution >= 4 is 23.8 Å². The van der Waals surface area contributed by atoms with Gasteiger partial charge in [0.2, 0.25) is 23.5 Å². The summed E-state index contributed by atoms with van der Waals surface area (Å²) < 4.78 is 142. The van der Waals surface area contributed by atoms with E-state index in [-0.39, 0.29) is 94.4 Å². The molecule has 0 spiro atoms. The molecule has 0 aliphatic carbocycles. The average Bonchev–Trinajstić information content (AvgIpc) is 0.848. The van der Waals surface area contributed by atoms with Crippen LogP contribution in [0.5, 0.6) is 23.5 Å². The molecule has 0 fully saturated rings. The lowest BCUT2D eigenvalue weighted by molar-refractivity contribution is 0.0508. The summed E-state index contributed by atoms with van der Waals surface area (Å²) in [5, 5.41) is 0. The van der Waals surface area contributed by atoms with Crippen molar-refractivity contribution in [3.05, 3.63) is 189 Å². The fraction of sp³-hybridized carbons (Fsp3) is 0.294. The summed E-state index contributed by atoms with van der Waals surface area (Å²) in [6.45, 7) is 11.4. The van der Waals surface area contributed by atoms with Crippen molar-refractivity contribution in [3.8, 4) is 68.0 Å². The minimum absolute atomic E-state index is 0.00780. The Kier molecular flexibility index (Phi) is 20.8. The van der Waals surface area contributed by atoms with Crippen molar-refractivity contribution in [3.63, 3.8) is 0 Å². The van der Waals surface area contributed by atoms with E-state index in [1.807, 2.05) is 27.7 Å². The Morgan fingerprint density at radius 3 is 0.826 bits per heavy atom. The first-order valence-corrected chi connectivity index (χ1v) is 29.5. The maximum atomic E-state index is 14.2. The molecule has 4 aromatic carbocycles. The fourth-order valence-corrected chi connectivity index (χ4v) is 10.6. The second kappa shape index (κ2) is 28.9. The highest BCUT2D eigenvalue weighted by atomic mass is 19.2. The van der Waals surface area contributed by atoms with Crippen molar-refractivity contribution < 1.29 is 82.7 Å². The van der Waals surface area contributed by atoms with E-state index in [0.717, 1.165) is 49.9 Å². The first kappa shape index (κ1) is 66.4. The zero-order valence-corrected chi connectivity index (χ0v) is 50.7. The van der Waals surface area contributed by atoms with E-state index in [1.54, 1.807) is 13.8 Å². The van der Waals surface area contributed by atoms with E-state index in [2.05, 4.69) is 19.9 Å². The number of aromatic nitrogens is 4. The zero-order chi connectivity index (χ0) is 66.2. The van der Waals surface area contributed by atoms with Crippen LogP contribution in [-0.2, 0) is 35.2 Å². The number of carbonyl (C=O) groups excluding carboxylic acids is 4. The molecule has 4 N–H and O–H groups in total. The summed E-state index contributed by atoms with van der Waals surface area (Å²) in [4.78, 5) is 63.6. The first-order chi connectivity index (χ1) is 43.9. The van der Waals surface area contributed by atoms with Crippen molar-refractivity contribution in [2.45, 2.75) is 117 Å². The van der Waals surface area contributed by atoms with E-state index in [4.69, 9.17) is 39.9 Å². The van der Waals surface area contributed by atoms with Gasteiger partial charge in [-0.2, -0.15) is 0 Å². The molecule has 24 heteroatoms. The van der Waals surface area contributed by atoms with Gasteiger partial charge in [0.05, 0.1) is 37.6 Å². The number of primary amides is 2. The second-order valence-electron chi connectivity index (χ2n) is 21.9. The minimum atomic E-state index is -0.728. The molecule has 0 unspecified atom stereocenters. The summed E-state index contributed by atoms with van der Waals surface area (Å²) in [6, 6.07) is 19.1. The summed E-state index contributed by atoms with van der Waals surface area (Å²) in [6.07, 6.45) is 5.36. The molecule has 480 valence electrons. The van der Waals surface area contributed by atoms with Crippen molar-refractivity contribution in [2.75, 3.05) is 13.2 Å². The van der Waals surface area contributed by atoms with E-state index < -0.39 is 70.3 Å². The number of benzene rings is 4. The Bertz CT molecular complexity index is 3890. The summed E-state index contributed by atoms with van der Waals surface area (Å²) >= 11 is 0. The van der Waals surface area contributed by atoms with Crippen LogP contribution in [0.25, 0.3) is 44.5 Å². The van der Waals surface area contributed by atoms with Gasteiger partial charge in [0.1, 0.15) is 57.9 Å². The molecule has 16 nitrogen and oxygen atoms in total. The van der Waals surface area contributed by atoms with E-state index in [9.17, 15) is 54.3 Å². The molecular weight excluding hydrogens is 1210 g/mol. The lowest BCUT2D eigenvalue weighted by atomic mass is 9.94. The minimum Gasteiger partial charge on any atom is -0.474 e. The SMILES string of the molecule is CCOC(=O)c1cc(-c2ccc(F)cc2F)c2c(n1)O[C@@H](C)CC2.CCOC(=O)c1cc(-c2ccc(F)cc2F)c2c(n1)O[C@H](C)CC2.C[C@@H]1CCc2c(-c3ccc(F)cc3F)cc(C(N)=O)nc2O1.C[C@H]1CCc2c(-c3ccc(F)cc3F)cc(C(N)=O)nc2O1. The van der Waals surface area contributed by atoms with Gasteiger partial charge in [0.15, 0.2) is 11.4 Å².